The van der Waals surface area contributed by atoms with Crippen LogP contribution in [0.1, 0.15) is 219 Å². The molecule has 1 aliphatic heterocycles. The molecule has 0 spiro atoms. The molecule has 9 nitrogen and oxygen atoms in total. The summed E-state index contributed by atoms with van der Waals surface area (Å²) in [6, 6.07) is -0.829. The smallest absolute Gasteiger partial charge is 0.220 e. The molecule has 0 radical (unpaired) electrons. The summed E-state index contributed by atoms with van der Waals surface area (Å²) in [5, 5.41) is 54.3. The number of carbonyl (C=O) groups is 1. The van der Waals surface area contributed by atoms with Gasteiger partial charge in [0.25, 0.3) is 0 Å². The first-order valence-corrected chi connectivity index (χ1v) is 25.4. The highest BCUT2D eigenvalue weighted by atomic mass is 16.7. The maximum atomic E-state index is 13.0. The van der Waals surface area contributed by atoms with Gasteiger partial charge in [0.05, 0.1) is 25.4 Å². The molecule has 6 N–H and O–H groups in total. The number of aliphatic hydroxyl groups is 5. The van der Waals surface area contributed by atoms with E-state index in [0.29, 0.717) is 6.42 Å². The molecule has 1 aliphatic rings. The Morgan fingerprint density at radius 3 is 1.38 bits per heavy atom. The maximum absolute atomic E-state index is 13.0. The van der Waals surface area contributed by atoms with Crippen LogP contribution in [0.2, 0.25) is 0 Å². The number of aliphatic hydroxyl groups excluding tert-OH is 5. The summed E-state index contributed by atoms with van der Waals surface area (Å²) >= 11 is 0. The first kappa shape index (κ1) is 57.2. The Bertz CT molecular complexity index is 1090. The van der Waals surface area contributed by atoms with Crippen LogP contribution in [0, 0.1) is 0 Å². The molecule has 0 aromatic rings. The van der Waals surface area contributed by atoms with Gasteiger partial charge < -0.3 is 40.3 Å². The van der Waals surface area contributed by atoms with Gasteiger partial charge in [-0.25, -0.2) is 0 Å². The van der Waals surface area contributed by atoms with E-state index in [9.17, 15) is 30.3 Å². The van der Waals surface area contributed by atoms with E-state index in [1.165, 1.54) is 148 Å². The first-order valence-electron chi connectivity index (χ1n) is 25.4. The van der Waals surface area contributed by atoms with Crippen molar-refractivity contribution in [2.24, 2.45) is 0 Å². The fourth-order valence-corrected chi connectivity index (χ4v) is 7.77. The lowest BCUT2D eigenvalue weighted by Crippen LogP contribution is -2.60. The van der Waals surface area contributed by atoms with Crippen LogP contribution in [0.3, 0.4) is 0 Å². The molecule has 1 amide bonds. The lowest BCUT2D eigenvalue weighted by atomic mass is 9.99. The van der Waals surface area contributed by atoms with Gasteiger partial charge in [-0.3, -0.25) is 4.79 Å². The van der Waals surface area contributed by atoms with Crippen molar-refractivity contribution in [1.29, 1.82) is 0 Å². The molecule has 1 fully saturated rings. The standard InChI is InChI=1S/C52H95NO8/c1-3-5-7-9-11-13-15-17-19-21-22-23-24-26-28-30-32-34-36-38-40-42-48(56)53-45(44-60-52-51(59)50(58)49(57)47(43-54)61-52)46(55)41-39-37-35-33-31-29-27-25-20-18-16-14-12-10-8-6-4-2/h20-22,25,31,33,39,41,45-47,49-52,54-55,57-59H,3-19,23-24,26-30,32,34-38,40,42-44H2,1-2H3,(H,53,56)/b22-21-,25-20+,33-31+,41-39+. The van der Waals surface area contributed by atoms with Gasteiger partial charge in [-0.1, -0.05) is 191 Å². The number of allylic oxidation sites excluding steroid dienone is 7. The fourth-order valence-electron chi connectivity index (χ4n) is 7.77. The quantitative estimate of drug-likeness (QED) is 0.0262. The van der Waals surface area contributed by atoms with Crippen molar-refractivity contribution in [3.8, 4) is 0 Å². The second-order valence-corrected chi connectivity index (χ2v) is 17.6. The Morgan fingerprint density at radius 1 is 0.541 bits per heavy atom. The number of hydrogen-bond donors (Lipinski definition) is 6. The zero-order chi connectivity index (χ0) is 44.4. The third-order valence-electron chi connectivity index (χ3n) is 11.9. The molecule has 0 aliphatic carbocycles. The third-order valence-corrected chi connectivity index (χ3v) is 11.9. The molecule has 61 heavy (non-hydrogen) atoms. The Balaban J connectivity index is 2.33. The van der Waals surface area contributed by atoms with Gasteiger partial charge in [-0.15, -0.1) is 0 Å². The van der Waals surface area contributed by atoms with Crippen LogP contribution in [0.25, 0.3) is 0 Å². The van der Waals surface area contributed by atoms with Crippen LogP contribution in [-0.4, -0.2) is 87.5 Å². The zero-order valence-electron chi connectivity index (χ0n) is 39.2. The molecule has 0 aromatic carbocycles. The van der Waals surface area contributed by atoms with Crippen molar-refractivity contribution in [2.45, 2.75) is 262 Å². The monoisotopic (exact) mass is 862 g/mol. The van der Waals surface area contributed by atoms with Gasteiger partial charge in [-0.05, 0) is 70.6 Å². The van der Waals surface area contributed by atoms with E-state index in [1.807, 2.05) is 6.08 Å². The minimum absolute atomic E-state index is 0.193. The molecule has 0 saturated carbocycles. The minimum Gasteiger partial charge on any atom is -0.394 e. The van der Waals surface area contributed by atoms with E-state index in [0.717, 1.165) is 51.4 Å². The predicted molar refractivity (Wildman–Crippen MR) is 253 cm³/mol. The lowest BCUT2D eigenvalue weighted by Gasteiger charge is -2.40. The van der Waals surface area contributed by atoms with Crippen molar-refractivity contribution in [2.75, 3.05) is 13.2 Å². The van der Waals surface area contributed by atoms with Crippen molar-refractivity contribution in [3.05, 3.63) is 48.6 Å². The Kier molecular flexibility index (Phi) is 39.5. The van der Waals surface area contributed by atoms with Gasteiger partial charge in [0.2, 0.25) is 5.91 Å². The molecule has 356 valence electrons. The van der Waals surface area contributed by atoms with Gasteiger partial charge >= 0.3 is 0 Å². The highest BCUT2D eigenvalue weighted by molar-refractivity contribution is 5.76. The van der Waals surface area contributed by atoms with Crippen LogP contribution < -0.4 is 5.32 Å². The average Bonchev–Trinajstić information content (AvgIpc) is 3.26. The fraction of sp³-hybridized carbons (Fsp3) is 0.827. The van der Waals surface area contributed by atoms with Crippen molar-refractivity contribution in [1.82, 2.24) is 5.32 Å². The molecule has 7 atom stereocenters. The van der Waals surface area contributed by atoms with E-state index < -0.39 is 49.5 Å². The summed E-state index contributed by atoms with van der Waals surface area (Å²) in [6.07, 6.45) is 47.3. The Labute approximate surface area is 373 Å². The number of rotatable bonds is 42. The van der Waals surface area contributed by atoms with Crippen LogP contribution in [-0.2, 0) is 14.3 Å². The average molecular weight is 862 g/mol. The number of unbranched alkanes of at least 4 members (excludes halogenated alkanes) is 26. The summed E-state index contributed by atoms with van der Waals surface area (Å²) < 4.78 is 11.2. The molecule has 7 unspecified atom stereocenters. The number of hydrogen-bond acceptors (Lipinski definition) is 8. The maximum Gasteiger partial charge on any atom is 0.220 e. The van der Waals surface area contributed by atoms with E-state index in [2.05, 4.69) is 55.6 Å². The van der Waals surface area contributed by atoms with Gasteiger partial charge in [-0.2, -0.15) is 0 Å². The number of ether oxygens (including phenoxy) is 2. The topological polar surface area (TPSA) is 149 Å². The van der Waals surface area contributed by atoms with Crippen LogP contribution in [0.4, 0.5) is 0 Å². The highest BCUT2D eigenvalue weighted by Gasteiger charge is 2.44. The first-order chi connectivity index (χ1) is 29.8. The largest absolute Gasteiger partial charge is 0.394 e. The van der Waals surface area contributed by atoms with E-state index in [4.69, 9.17) is 9.47 Å². The van der Waals surface area contributed by atoms with Gasteiger partial charge in [0.1, 0.15) is 24.4 Å². The molecule has 9 heteroatoms. The Morgan fingerprint density at radius 2 is 0.934 bits per heavy atom. The van der Waals surface area contributed by atoms with Crippen molar-refractivity contribution in [3.63, 3.8) is 0 Å². The molecule has 0 bridgehead atoms. The lowest BCUT2D eigenvalue weighted by molar-refractivity contribution is -0.302. The molecule has 1 rings (SSSR count). The van der Waals surface area contributed by atoms with Crippen LogP contribution in [0.5, 0.6) is 0 Å². The van der Waals surface area contributed by atoms with Crippen LogP contribution >= 0.6 is 0 Å². The number of carbonyl (C=O) groups excluding carboxylic acids is 1. The number of nitrogens with one attached hydrogen (secondary N) is 1. The van der Waals surface area contributed by atoms with E-state index in [-0.39, 0.29) is 12.5 Å². The molecule has 1 heterocycles. The minimum atomic E-state index is -1.57. The van der Waals surface area contributed by atoms with Gasteiger partial charge in [0, 0.05) is 6.42 Å². The summed E-state index contributed by atoms with van der Waals surface area (Å²) in [4.78, 5) is 13.0. The highest BCUT2D eigenvalue weighted by Crippen LogP contribution is 2.22. The summed E-state index contributed by atoms with van der Waals surface area (Å²) in [7, 11) is 0. The molecule has 0 aromatic heterocycles. The normalized spacial score (nSPS) is 20.8. The molecular formula is C52H95NO8. The van der Waals surface area contributed by atoms with Crippen molar-refractivity contribution >= 4 is 5.91 Å². The SMILES string of the molecule is CCCCCCCCC/C=C/CC/C=C/CC/C=C/C(O)C(COC1OC(CO)C(O)C(O)C1O)NC(=O)CCCCCCCCCCC/C=C\CCCCCCCCCC. The predicted octanol–water partition coefficient (Wildman–Crippen LogP) is 11.4. The number of amides is 1. The third kappa shape index (κ3) is 32.5. The van der Waals surface area contributed by atoms with Gasteiger partial charge in [0.15, 0.2) is 6.29 Å². The second-order valence-electron chi connectivity index (χ2n) is 17.6. The summed E-state index contributed by atoms with van der Waals surface area (Å²) in [6.45, 7) is 3.75. The summed E-state index contributed by atoms with van der Waals surface area (Å²) in [5.41, 5.74) is 0. The summed E-state index contributed by atoms with van der Waals surface area (Å²) in [5.74, 6) is -0.193. The van der Waals surface area contributed by atoms with Crippen molar-refractivity contribution < 1.29 is 39.8 Å². The zero-order valence-corrected chi connectivity index (χ0v) is 39.2. The van der Waals surface area contributed by atoms with E-state index >= 15 is 0 Å². The Hall–Kier alpha value is -1.85. The van der Waals surface area contributed by atoms with Crippen LogP contribution in [0.15, 0.2) is 48.6 Å². The molecular weight excluding hydrogens is 767 g/mol. The second kappa shape index (κ2) is 42.1. The van der Waals surface area contributed by atoms with E-state index in [1.54, 1.807) is 6.08 Å². The molecule has 1 saturated heterocycles.